The Hall–Kier alpha value is -2.62. The Morgan fingerprint density at radius 1 is 1.43 bits per heavy atom. The number of esters is 1. The van der Waals surface area contributed by atoms with E-state index < -0.39 is 52.3 Å². The Balaban J connectivity index is 3.10. The fourth-order valence-electron chi connectivity index (χ4n) is 1.41. The van der Waals surface area contributed by atoms with Crippen molar-refractivity contribution in [2.45, 2.75) is 6.04 Å². The van der Waals surface area contributed by atoms with Crippen molar-refractivity contribution in [3.05, 3.63) is 39.4 Å². The second-order valence-corrected chi connectivity index (χ2v) is 3.77. The molecule has 0 aromatic heterocycles. The van der Waals surface area contributed by atoms with Crippen LogP contribution < -0.4 is 5.32 Å². The average molecular weight is 304 g/mol. The molecule has 21 heavy (non-hydrogen) atoms. The Bertz CT molecular complexity index is 592. The Labute approximate surface area is 116 Å². The first-order valence-corrected chi connectivity index (χ1v) is 5.44. The SMILES string of the molecule is COC(=O)C(CO)NC(=O)c1cc([N+](=O)[O-])c(F)cc1F. The number of halogens is 2. The highest BCUT2D eigenvalue weighted by atomic mass is 19.1. The minimum Gasteiger partial charge on any atom is -0.467 e. The van der Waals surface area contributed by atoms with Crippen LogP contribution in [0.2, 0.25) is 0 Å². The van der Waals surface area contributed by atoms with E-state index in [1.807, 2.05) is 5.32 Å². The van der Waals surface area contributed by atoms with Crippen molar-refractivity contribution >= 4 is 17.6 Å². The van der Waals surface area contributed by atoms with Crippen LogP contribution in [0.3, 0.4) is 0 Å². The molecule has 0 bridgehead atoms. The summed E-state index contributed by atoms with van der Waals surface area (Å²) in [5, 5.41) is 21.4. The van der Waals surface area contributed by atoms with Gasteiger partial charge >= 0.3 is 11.7 Å². The Morgan fingerprint density at radius 3 is 2.52 bits per heavy atom. The number of ether oxygens (including phenoxy) is 1. The zero-order valence-corrected chi connectivity index (χ0v) is 10.6. The molecular formula is C11H10F2N2O6. The summed E-state index contributed by atoms with van der Waals surface area (Å²) in [6.45, 7) is -0.830. The molecule has 1 aromatic carbocycles. The summed E-state index contributed by atoms with van der Waals surface area (Å²) in [5.74, 6) is -5.03. The first-order valence-electron chi connectivity index (χ1n) is 5.44. The van der Waals surface area contributed by atoms with E-state index >= 15 is 0 Å². The van der Waals surface area contributed by atoms with Crippen LogP contribution in [-0.4, -0.2) is 41.7 Å². The normalized spacial score (nSPS) is 11.6. The van der Waals surface area contributed by atoms with E-state index in [4.69, 9.17) is 5.11 Å². The number of rotatable bonds is 5. The largest absolute Gasteiger partial charge is 0.467 e. The van der Waals surface area contributed by atoms with Gasteiger partial charge in [-0.15, -0.1) is 0 Å². The fourth-order valence-corrected chi connectivity index (χ4v) is 1.41. The smallest absolute Gasteiger partial charge is 0.330 e. The number of benzene rings is 1. The lowest BCUT2D eigenvalue weighted by atomic mass is 10.1. The van der Waals surface area contributed by atoms with Gasteiger partial charge in [0.15, 0.2) is 6.04 Å². The van der Waals surface area contributed by atoms with Crippen molar-refractivity contribution in [3.8, 4) is 0 Å². The molecule has 1 amide bonds. The lowest BCUT2D eigenvalue weighted by molar-refractivity contribution is -0.387. The number of amides is 1. The summed E-state index contributed by atoms with van der Waals surface area (Å²) < 4.78 is 30.9. The number of hydrogen-bond donors (Lipinski definition) is 2. The molecule has 0 fully saturated rings. The topological polar surface area (TPSA) is 119 Å². The van der Waals surface area contributed by atoms with Gasteiger partial charge in [-0.2, -0.15) is 4.39 Å². The van der Waals surface area contributed by atoms with Gasteiger partial charge in [0.1, 0.15) is 5.82 Å². The number of hydrogen-bond acceptors (Lipinski definition) is 6. The van der Waals surface area contributed by atoms with Crippen LogP contribution >= 0.6 is 0 Å². The third-order valence-corrected chi connectivity index (χ3v) is 2.45. The first-order chi connectivity index (χ1) is 9.81. The minimum absolute atomic E-state index is 0.180. The highest BCUT2D eigenvalue weighted by Gasteiger charge is 2.26. The van der Waals surface area contributed by atoms with Crippen LogP contribution in [-0.2, 0) is 9.53 Å². The number of nitrogens with zero attached hydrogens (tertiary/aromatic N) is 1. The van der Waals surface area contributed by atoms with Crippen LogP contribution in [0.25, 0.3) is 0 Å². The summed E-state index contributed by atoms with van der Waals surface area (Å²) >= 11 is 0. The van der Waals surface area contributed by atoms with Gasteiger partial charge in [-0.05, 0) is 0 Å². The summed E-state index contributed by atoms with van der Waals surface area (Å²) in [7, 11) is 1.00. The number of aliphatic hydroxyl groups excluding tert-OH is 1. The standard InChI is InChI=1S/C11H10F2N2O6/c1-21-11(18)8(4-16)14-10(17)5-2-9(15(19)20)7(13)3-6(5)12/h2-3,8,16H,4H2,1H3,(H,14,17). The van der Waals surface area contributed by atoms with Gasteiger partial charge in [0.2, 0.25) is 5.82 Å². The predicted molar refractivity (Wildman–Crippen MR) is 63.4 cm³/mol. The summed E-state index contributed by atoms with van der Waals surface area (Å²) in [6.07, 6.45) is 0. The number of carbonyl (C=O) groups excluding carboxylic acids is 2. The van der Waals surface area contributed by atoms with E-state index in [2.05, 4.69) is 4.74 Å². The monoisotopic (exact) mass is 304 g/mol. The van der Waals surface area contributed by atoms with E-state index in [0.29, 0.717) is 6.07 Å². The van der Waals surface area contributed by atoms with Crippen LogP contribution in [0.4, 0.5) is 14.5 Å². The molecule has 1 rings (SSSR count). The Morgan fingerprint density at radius 2 is 2.05 bits per heavy atom. The predicted octanol–water partition coefficient (Wildman–Crippen LogP) is 0.137. The number of nitrogens with one attached hydrogen (secondary N) is 1. The molecular weight excluding hydrogens is 294 g/mol. The average Bonchev–Trinajstić information content (AvgIpc) is 2.43. The number of carbonyl (C=O) groups is 2. The molecule has 8 nitrogen and oxygen atoms in total. The zero-order chi connectivity index (χ0) is 16.2. The molecule has 0 aliphatic rings. The van der Waals surface area contributed by atoms with E-state index in [1.54, 1.807) is 0 Å². The van der Waals surface area contributed by atoms with Crippen molar-refractivity contribution in [2.24, 2.45) is 0 Å². The van der Waals surface area contributed by atoms with Gasteiger partial charge in [0, 0.05) is 12.1 Å². The highest BCUT2D eigenvalue weighted by Crippen LogP contribution is 2.21. The second kappa shape index (κ2) is 6.70. The van der Waals surface area contributed by atoms with Crippen molar-refractivity contribution in [1.29, 1.82) is 0 Å². The summed E-state index contributed by atoms with van der Waals surface area (Å²) in [4.78, 5) is 32.3. The molecule has 0 radical (unpaired) electrons. The van der Waals surface area contributed by atoms with Crippen LogP contribution in [0.15, 0.2) is 12.1 Å². The molecule has 1 aromatic rings. The maximum Gasteiger partial charge on any atom is 0.330 e. The number of nitro benzene ring substituents is 1. The Kier molecular flexibility index (Phi) is 5.24. The van der Waals surface area contributed by atoms with E-state index in [0.717, 1.165) is 7.11 Å². The van der Waals surface area contributed by atoms with Crippen molar-refractivity contribution < 1.29 is 33.1 Å². The maximum absolute atomic E-state index is 13.5. The lowest BCUT2D eigenvalue weighted by Gasteiger charge is -2.14. The molecule has 0 spiro atoms. The van der Waals surface area contributed by atoms with Gasteiger partial charge in [-0.3, -0.25) is 14.9 Å². The van der Waals surface area contributed by atoms with Crippen molar-refractivity contribution in [2.75, 3.05) is 13.7 Å². The molecule has 0 saturated heterocycles. The van der Waals surface area contributed by atoms with E-state index in [9.17, 15) is 28.5 Å². The minimum atomic E-state index is -1.48. The van der Waals surface area contributed by atoms with Crippen molar-refractivity contribution in [1.82, 2.24) is 5.32 Å². The molecule has 1 unspecified atom stereocenters. The lowest BCUT2D eigenvalue weighted by Crippen LogP contribution is -2.44. The zero-order valence-electron chi connectivity index (χ0n) is 10.6. The van der Waals surface area contributed by atoms with Crippen LogP contribution in [0, 0.1) is 21.7 Å². The van der Waals surface area contributed by atoms with E-state index in [1.165, 1.54) is 0 Å². The van der Waals surface area contributed by atoms with E-state index in [-0.39, 0.29) is 6.07 Å². The fraction of sp³-hybridized carbons (Fsp3) is 0.273. The second-order valence-electron chi connectivity index (χ2n) is 3.77. The van der Waals surface area contributed by atoms with Gasteiger partial charge in [-0.25, -0.2) is 9.18 Å². The molecule has 2 N–H and O–H groups in total. The molecule has 10 heteroatoms. The van der Waals surface area contributed by atoms with Gasteiger partial charge < -0.3 is 15.2 Å². The van der Waals surface area contributed by atoms with Crippen LogP contribution in [0.1, 0.15) is 10.4 Å². The van der Waals surface area contributed by atoms with Gasteiger partial charge in [-0.1, -0.05) is 0 Å². The van der Waals surface area contributed by atoms with Gasteiger partial charge in [0.05, 0.1) is 24.2 Å². The van der Waals surface area contributed by atoms with Gasteiger partial charge in [0.25, 0.3) is 5.91 Å². The first kappa shape index (κ1) is 16.4. The molecule has 0 aliphatic carbocycles. The number of methoxy groups -OCH3 is 1. The highest BCUT2D eigenvalue weighted by molar-refractivity contribution is 5.97. The third-order valence-electron chi connectivity index (χ3n) is 2.45. The van der Waals surface area contributed by atoms with Crippen molar-refractivity contribution in [3.63, 3.8) is 0 Å². The molecule has 1 atom stereocenters. The molecule has 0 aliphatic heterocycles. The number of nitro groups is 1. The maximum atomic E-state index is 13.5. The summed E-state index contributed by atoms with van der Waals surface area (Å²) in [5.41, 5.74) is -1.94. The molecule has 114 valence electrons. The van der Waals surface area contributed by atoms with Crippen LogP contribution in [0.5, 0.6) is 0 Å². The number of aliphatic hydroxyl groups is 1. The molecule has 0 saturated carbocycles. The third kappa shape index (κ3) is 3.69. The molecule has 0 heterocycles. The quantitative estimate of drug-likeness (QED) is 0.453. The summed E-state index contributed by atoms with van der Waals surface area (Å²) in [6, 6.07) is -0.906.